The van der Waals surface area contributed by atoms with E-state index >= 15 is 0 Å². The van der Waals surface area contributed by atoms with Gasteiger partial charge >= 0.3 is 29.6 Å². The van der Waals surface area contributed by atoms with Gasteiger partial charge in [0.25, 0.3) is 0 Å². The molecule has 30 heavy (non-hydrogen) atoms. The van der Waals surface area contributed by atoms with E-state index in [0.717, 1.165) is 32.4 Å². The summed E-state index contributed by atoms with van der Waals surface area (Å²) in [5.41, 5.74) is -0.687. The first kappa shape index (κ1) is 23.1. The predicted octanol–water partition coefficient (Wildman–Crippen LogP) is -0.865. The van der Waals surface area contributed by atoms with Crippen LogP contribution in [0, 0.1) is 6.92 Å². The summed E-state index contributed by atoms with van der Waals surface area (Å²) in [5.74, 6) is -2.69. The molecule has 13 heteroatoms. The van der Waals surface area contributed by atoms with Crippen LogP contribution in [0.5, 0.6) is 0 Å². The number of carbonyl (C=O) groups is 4. The van der Waals surface area contributed by atoms with Gasteiger partial charge in [0.15, 0.2) is 24.5 Å². The van der Waals surface area contributed by atoms with Gasteiger partial charge in [-0.05, 0) is 6.92 Å². The summed E-state index contributed by atoms with van der Waals surface area (Å²) in [5, 5.41) is 4.00. The van der Waals surface area contributed by atoms with Gasteiger partial charge < -0.3 is 23.7 Å². The van der Waals surface area contributed by atoms with E-state index in [1.807, 2.05) is 0 Å². The number of H-pyrrole nitrogens is 1. The number of nitrogens with zero attached hydrogens (tertiary/aromatic N) is 2. The van der Waals surface area contributed by atoms with Crippen LogP contribution in [0.4, 0.5) is 0 Å². The van der Waals surface area contributed by atoms with Crippen molar-refractivity contribution >= 4 is 23.9 Å². The molecule has 1 aliphatic rings. The van der Waals surface area contributed by atoms with Crippen molar-refractivity contribution in [2.75, 3.05) is 6.61 Å². The molecular weight excluding hydrogens is 406 g/mol. The Balaban J connectivity index is 2.56. The average molecular weight is 429 g/mol. The van der Waals surface area contributed by atoms with E-state index in [4.69, 9.17) is 23.7 Å². The van der Waals surface area contributed by atoms with Gasteiger partial charge in [0.05, 0.1) is 0 Å². The van der Waals surface area contributed by atoms with Crippen LogP contribution in [-0.4, -0.2) is 69.7 Å². The molecule has 5 atom stereocenters. The minimum absolute atomic E-state index is 0.243. The zero-order valence-electron chi connectivity index (χ0n) is 17.1. The monoisotopic (exact) mass is 429 g/mol. The number of hydrogen-bond acceptors (Lipinski definition) is 11. The highest BCUT2D eigenvalue weighted by molar-refractivity contribution is 5.68. The largest absolute Gasteiger partial charge is 0.463 e. The lowest BCUT2D eigenvalue weighted by atomic mass is 9.97. The lowest BCUT2D eigenvalue weighted by Crippen LogP contribution is -2.61. The molecule has 0 unspecified atom stereocenters. The molecule has 166 valence electrons. The zero-order chi connectivity index (χ0) is 22.6. The molecule has 13 nitrogen and oxygen atoms in total. The Morgan fingerprint density at radius 2 is 1.47 bits per heavy atom. The van der Waals surface area contributed by atoms with Crippen LogP contribution in [0.3, 0.4) is 0 Å². The predicted molar refractivity (Wildman–Crippen MR) is 94.8 cm³/mol. The van der Waals surface area contributed by atoms with Crippen molar-refractivity contribution in [3.63, 3.8) is 0 Å². The van der Waals surface area contributed by atoms with Crippen molar-refractivity contribution in [3.05, 3.63) is 16.3 Å². The molecule has 0 aliphatic carbocycles. The second-order valence-electron chi connectivity index (χ2n) is 6.55. The molecule has 0 bridgehead atoms. The average Bonchev–Trinajstić information content (AvgIpc) is 2.93. The first-order valence-electron chi connectivity index (χ1n) is 8.95. The number of carbonyl (C=O) groups excluding carboxylic acids is 4. The van der Waals surface area contributed by atoms with E-state index in [0.29, 0.717) is 0 Å². The number of aromatic nitrogens is 3. The molecule has 1 N–H and O–H groups in total. The third-order valence-electron chi connectivity index (χ3n) is 3.96. The summed E-state index contributed by atoms with van der Waals surface area (Å²) in [7, 11) is 0. The molecule has 0 aromatic carbocycles. The van der Waals surface area contributed by atoms with Gasteiger partial charge in [-0.1, -0.05) is 0 Å². The molecule has 0 amide bonds. The fraction of sp³-hybridized carbons (Fsp3) is 0.647. The molecule has 1 saturated heterocycles. The summed E-state index contributed by atoms with van der Waals surface area (Å²) in [6.45, 7) is 5.60. The number of esters is 4. The zero-order valence-corrected chi connectivity index (χ0v) is 17.1. The first-order valence-corrected chi connectivity index (χ1v) is 8.95. The second kappa shape index (κ2) is 9.52. The highest BCUT2D eigenvalue weighted by Gasteiger charge is 2.53. The van der Waals surface area contributed by atoms with Gasteiger partial charge in [-0.25, -0.2) is 4.79 Å². The molecule has 1 aromatic heterocycles. The lowest BCUT2D eigenvalue weighted by Gasteiger charge is -2.43. The minimum atomic E-state index is -1.40. The van der Waals surface area contributed by atoms with Crippen molar-refractivity contribution in [1.29, 1.82) is 0 Å². The molecular formula is C17H23N3O10. The smallest absolute Gasteiger partial charge is 0.345 e. The van der Waals surface area contributed by atoms with Crippen LogP contribution in [0.1, 0.15) is 39.7 Å². The van der Waals surface area contributed by atoms with Gasteiger partial charge in [-0.3, -0.25) is 24.2 Å². The number of aromatic amines is 1. The summed E-state index contributed by atoms with van der Waals surface area (Å²) in [6, 6.07) is 0. The molecule has 1 aromatic rings. The maximum atomic E-state index is 12.3. The van der Waals surface area contributed by atoms with Crippen molar-refractivity contribution in [2.45, 2.75) is 65.3 Å². The van der Waals surface area contributed by atoms with Crippen LogP contribution in [-0.2, 0) is 42.9 Å². The van der Waals surface area contributed by atoms with E-state index in [1.54, 1.807) is 0 Å². The number of rotatable bonds is 6. The molecule has 1 fully saturated rings. The third kappa shape index (κ3) is 5.65. The highest BCUT2D eigenvalue weighted by Crippen LogP contribution is 2.33. The van der Waals surface area contributed by atoms with Crippen LogP contribution in [0.25, 0.3) is 0 Å². The fourth-order valence-electron chi connectivity index (χ4n) is 3.02. The highest BCUT2D eigenvalue weighted by atomic mass is 16.7. The maximum absolute atomic E-state index is 12.3. The third-order valence-corrected chi connectivity index (χ3v) is 3.96. The second-order valence-corrected chi connectivity index (χ2v) is 6.55. The molecule has 0 spiro atoms. The Morgan fingerprint density at radius 3 is 1.93 bits per heavy atom. The Hall–Kier alpha value is -3.22. The quantitative estimate of drug-likeness (QED) is 0.441. The van der Waals surface area contributed by atoms with Gasteiger partial charge in [-0.15, -0.1) is 0 Å². The summed E-state index contributed by atoms with van der Waals surface area (Å²) < 4.78 is 27.4. The summed E-state index contributed by atoms with van der Waals surface area (Å²) in [6.07, 6.45) is -6.61. The van der Waals surface area contributed by atoms with E-state index in [2.05, 4.69) is 10.1 Å². The van der Waals surface area contributed by atoms with E-state index in [1.165, 1.54) is 6.92 Å². The SMILES string of the molecule is CC(=O)OC[C@H]1O[C@@H](n2nc(C)[nH]c2=O)[C@H](OC(C)=O)[C@@H](OC(C)=O)[C@@H]1OC(C)=O. The molecule has 2 rings (SSSR count). The van der Waals surface area contributed by atoms with E-state index < -0.39 is 66.8 Å². The van der Waals surface area contributed by atoms with E-state index in [-0.39, 0.29) is 5.82 Å². The Kier molecular flexibility index (Phi) is 7.32. The van der Waals surface area contributed by atoms with Crippen molar-refractivity contribution in [3.8, 4) is 0 Å². The number of hydrogen-bond donors (Lipinski definition) is 1. The Bertz CT molecular complexity index is 875. The number of nitrogens with one attached hydrogen (secondary N) is 1. The maximum Gasteiger partial charge on any atom is 0.345 e. The Morgan fingerprint density at radius 1 is 0.933 bits per heavy atom. The molecule has 0 radical (unpaired) electrons. The van der Waals surface area contributed by atoms with Crippen LogP contribution in [0.15, 0.2) is 4.79 Å². The normalized spacial score (nSPS) is 25.8. The standard InChI is InChI=1S/C17H23N3O10/c1-7-18-17(25)20(19-7)16-15(29-11(5)24)14(28-10(4)23)13(27-9(3)22)12(30-16)6-26-8(2)21/h12-16H,6H2,1-5H3,(H,18,19,25)/t12-,13-,14+,15-,16-/m1/s1. The Labute approximate surface area is 170 Å². The summed E-state index contributed by atoms with van der Waals surface area (Å²) in [4.78, 5) is 61.1. The topological polar surface area (TPSA) is 165 Å². The van der Waals surface area contributed by atoms with Crippen molar-refractivity contribution in [2.24, 2.45) is 0 Å². The number of aryl methyl sites for hydroxylation is 1. The molecule has 1 aliphatic heterocycles. The molecule has 2 heterocycles. The van der Waals surface area contributed by atoms with Crippen molar-refractivity contribution in [1.82, 2.24) is 14.8 Å². The first-order chi connectivity index (χ1) is 14.0. The minimum Gasteiger partial charge on any atom is -0.463 e. The number of ether oxygens (including phenoxy) is 5. The van der Waals surface area contributed by atoms with Gasteiger partial charge in [0.1, 0.15) is 18.5 Å². The van der Waals surface area contributed by atoms with Crippen LogP contribution < -0.4 is 5.69 Å². The summed E-state index contributed by atoms with van der Waals surface area (Å²) >= 11 is 0. The van der Waals surface area contributed by atoms with Gasteiger partial charge in [0.2, 0.25) is 0 Å². The lowest BCUT2D eigenvalue weighted by molar-refractivity contribution is -0.271. The van der Waals surface area contributed by atoms with Gasteiger partial charge in [0, 0.05) is 27.7 Å². The van der Waals surface area contributed by atoms with Crippen LogP contribution >= 0.6 is 0 Å². The fourth-order valence-corrected chi connectivity index (χ4v) is 3.02. The van der Waals surface area contributed by atoms with E-state index in [9.17, 15) is 24.0 Å². The van der Waals surface area contributed by atoms with Crippen LogP contribution in [0.2, 0.25) is 0 Å². The van der Waals surface area contributed by atoms with Crippen molar-refractivity contribution < 1.29 is 42.9 Å². The molecule has 0 saturated carbocycles. The van der Waals surface area contributed by atoms with Gasteiger partial charge in [-0.2, -0.15) is 9.78 Å².